The smallest absolute Gasteiger partial charge is 0.105 e. The topological polar surface area (TPSA) is 17.8 Å². The van der Waals surface area contributed by atoms with Gasteiger partial charge in [0.05, 0.1) is 0 Å². The largest absolute Gasteiger partial charge is 0.332 e. The van der Waals surface area contributed by atoms with E-state index in [9.17, 15) is 0 Å². The van der Waals surface area contributed by atoms with E-state index in [2.05, 4.69) is 46.8 Å². The van der Waals surface area contributed by atoms with Crippen LogP contribution in [0.25, 0.3) is 0 Å². The Kier molecular flexibility index (Phi) is 2.71. The van der Waals surface area contributed by atoms with Crippen molar-refractivity contribution in [3.8, 4) is 0 Å². The fraction of sp³-hybridized carbons (Fsp3) is 0.400. The Morgan fingerprint density at radius 1 is 1.29 bits per heavy atom. The molecule has 88 valence electrons. The molecule has 0 saturated carbocycles. The standard InChI is InChI=1S/C15H18N2/c1-12-16-10-15-8-7-14(11-17(12)15)9-13-5-3-2-4-6-13/h2-6,10,14H,7-9,11H2,1H3. The van der Waals surface area contributed by atoms with E-state index >= 15 is 0 Å². The van der Waals surface area contributed by atoms with E-state index in [4.69, 9.17) is 0 Å². The van der Waals surface area contributed by atoms with Crippen LogP contribution in [0.15, 0.2) is 36.5 Å². The zero-order valence-corrected chi connectivity index (χ0v) is 10.3. The lowest BCUT2D eigenvalue weighted by Gasteiger charge is -2.25. The van der Waals surface area contributed by atoms with Gasteiger partial charge in [-0.25, -0.2) is 4.98 Å². The Hall–Kier alpha value is -1.57. The predicted octanol–water partition coefficient (Wildman–Crippen LogP) is 3.00. The average Bonchev–Trinajstić information content (AvgIpc) is 2.73. The summed E-state index contributed by atoms with van der Waals surface area (Å²) in [5.74, 6) is 1.93. The van der Waals surface area contributed by atoms with Gasteiger partial charge in [-0.1, -0.05) is 30.3 Å². The summed E-state index contributed by atoms with van der Waals surface area (Å²) in [6, 6.07) is 10.8. The molecule has 1 aliphatic rings. The van der Waals surface area contributed by atoms with Crippen LogP contribution < -0.4 is 0 Å². The lowest BCUT2D eigenvalue weighted by atomic mass is 9.91. The summed E-state index contributed by atoms with van der Waals surface area (Å²) >= 11 is 0. The number of hydrogen-bond acceptors (Lipinski definition) is 1. The Morgan fingerprint density at radius 2 is 2.12 bits per heavy atom. The third-order valence-electron chi connectivity index (χ3n) is 3.75. The molecular formula is C15H18N2. The minimum atomic E-state index is 0.762. The summed E-state index contributed by atoms with van der Waals surface area (Å²) in [6.07, 6.45) is 5.70. The fourth-order valence-corrected chi connectivity index (χ4v) is 2.78. The van der Waals surface area contributed by atoms with Gasteiger partial charge in [-0.05, 0) is 37.7 Å². The van der Waals surface area contributed by atoms with Crippen LogP contribution in [0.1, 0.15) is 23.5 Å². The van der Waals surface area contributed by atoms with Crippen molar-refractivity contribution in [2.24, 2.45) is 5.92 Å². The first-order valence-electron chi connectivity index (χ1n) is 6.38. The van der Waals surface area contributed by atoms with Gasteiger partial charge in [0.2, 0.25) is 0 Å². The van der Waals surface area contributed by atoms with Crippen LogP contribution in [-0.4, -0.2) is 9.55 Å². The SMILES string of the molecule is Cc1ncc2n1CC(Cc1ccccc1)CC2. The molecule has 2 heteroatoms. The molecule has 0 fully saturated rings. The van der Waals surface area contributed by atoms with Crippen molar-refractivity contribution >= 4 is 0 Å². The number of hydrogen-bond donors (Lipinski definition) is 0. The summed E-state index contributed by atoms with van der Waals surface area (Å²) in [7, 11) is 0. The molecule has 17 heavy (non-hydrogen) atoms. The zero-order valence-electron chi connectivity index (χ0n) is 10.3. The highest BCUT2D eigenvalue weighted by Crippen LogP contribution is 2.24. The Bertz CT molecular complexity index is 499. The van der Waals surface area contributed by atoms with E-state index in [1.165, 1.54) is 30.5 Å². The van der Waals surface area contributed by atoms with Crippen molar-refractivity contribution in [2.75, 3.05) is 0 Å². The van der Waals surface area contributed by atoms with E-state index < -0.39 is 0 Å². The maximum absolute atomic E-state index is 4.40. The molecule has 2 aromatic rings. The van der Waals surface area contributed by atoms with Crippen LogP contribution in [0.5, 0.6) is 0 Å². The van der Waals surface area contributed by atoms with E-state index in [0.29, 0.717) is 0 Å². The summed E-state index contributed by atoms with van der Waals surface area (Å²) < 4.78 is 2.39. The number of aromatic nitrogens is 2. The van der Waals surface area contributed by atoms with Crippen molar-refractivity contribution in [2.45, 2.75) is 32.7 Å². The normalized spacial score (nSPS) is 19.0. The second-order valence-corrected chi connectivity index (χ2v) is 5.00. The molecule has 1 aromatic carbocycles. The lowest BCUT2D eigenvalue weighted by molar-refractivity contribution is 0.363. The molecule has 3 rings (SSSR count). The second kappa shape index (κ2) is 4.36. The molecule has 1 unspecified atom stereocenters. The minimum Gasteiger partial charge on any atom is -0.332 e. The van der Waals surface area contributed by atoms with Crippen LogP contribution in [0.4, 0.5) is 0 Å². The van der Waals surface area contributed by atoms with Gasteiger partial charge in [0.25, 0.3) is 0 Å². The Morgan fingerprint density at radius 3 is 2.94 bits per heavy atom. The maximum Gasteiger partial charge on any atom is 0.105 e. The highest BCUT2D eigenvalue weighted by atomic mass is 15.1. The summed E-state index contributed by atoms with van der Waals surface area (Å²) in [4.78, 5) is 4.40. The highest BCUT2D eigenvalue weighted by Gasteiger charge is 2.20. The number of fused-ring (bicyclic) bond motifs is 1. The van der Waals surface area contributed by atoms with Gasteiger partial charge in [-0.15, -0.1) is 0 Å². The zero-order chi connectivity index (χ0) is 11.7. The third kappa shape index (κ3) is 2.12. The van der Waals surface area contributed by atoms with Gasteiger partial charge in [-0.3, -0.25) is 0 Å². The first-order valence-corrected chi connectivity index (χ1v) is 6.38. The van der Waals surface area contributed by atoms with Crippen LogP contribution in [0.3, 0.4) is 0 Å². The first kappa shape index (κ1) is 10.6. The van der Waals surface area contributed by atoms with Crippen molar-refractivity contribution in [1.29, 1.82) is 0 Å². The van der Waals surface area contributed by atoms with Crippen LogP contribution in [0.2, 0.25) is 0 Å². The molecule has 0 N–H and O–H groups in total. The summed E-state index contributed by atoms with van der Waals surface area (Å²) in [5, 5.41) is 0. The van der Waals surface area contributed by atoms with Crippen molar-refractivity contribution in [1.82, 2.24) is 9.55 Å². The van der Waals surface area contributed by atoms with Gasteiger partial charge in [0.1, 0.15) is 5.82 Å². The molecule has 1 atom stereocenters. The molecule has 2 heterocycles. The summed E-state index contributed by atoms with van der Waals surface area (Å²) in [5.41, 5.74) is 2.87. The third-order valence-corrected chi connectivity index (χ3v) is 3.75. The molecular weight excluding hydrogens is 208 g/mol. The van der Waals surface area contributed by atoms with Crippen molar-refractivity contribution in [3.63, 3.8) is 0 Å². The Labute approximate surface area is 102 Å². The molecule has 0 spiro atoms. The van der Waals surface area contributed by atoms with Crippen LogP contribution in [-0.2, 0) is 19.4 Å². The predicted molar refractivity (Wildman–Crippen MR) is 68.9 cm³/mol. The first-order chi connectivity index (χ1) is 8.33. The van der Waals surface area contributed by atoms with Crippen LogP contribution in [0, 0.1) is 12.8 Å². The van der Waals surface area contributed by atoms with Crippen molar-refractivity contribution in [3.05, 3.63) is 53.6 Å². The second-order valence-electron chi connectivity index (χ2n) is 5.00. The van der Waals surface area contributed by atoms with E-state index in [1.807, 2.05) is 6.20 Å². The highest BCUT2D eigenvalue weighted by molar-refractivity contribution is 5.16. The van der Waals surface area contributed by atoms with Gasteiger partial charge in [0, 0.05) is 18.4 Å². The number of nitrogens with zero attached hydrogens (tertiary/aromatic N) is 2. The van der Waals surface area contributed by atoms with E-state index in [1.54, 1.807) is 0 Å². The molecule has 1 aromatic heterocycles. The van der Waals surface area contributed by atoms with Gasteiger partial charge in [0.15, 0.2) is 0 Å². The molecule has 0 bridgehead atoms. The van der Waals surface area contributed by atoms with Crippen LogP contribution >= 0.6 is 0 Å². The number of rotatable bonds is 2. The molecule has 0 amide bonds. The number of aryl methyl sites for hydroxylation is 2. The quantitative estimate of drug-likeness (QED) is 0.769. The van der Waals surface area contributed by atoms with Crippen molar-refractivity contribution < 1.29 is 0 Å². The molecule has 2 nitrogen and oxygen atoms in total. The average molecular weight is 226 g/mol. The fourth-order valence-electron chi connectivity index (χ4n) is 2.78. The molecule has 0 saturated heterocycles. The lowest BCUT2D eigenvalue weighted by Crippen LogP contribution is -2.22. The van der Waals surface area contributed by atoms with Gasteiger partial charge >= 0.3 is 0 Å². The summed E-state index contributed by atoms with van der Waals surface area (Å²) in [6.45, 7) is 3.24. The number of benzene rings is 1. The van der Waals surface area contributed by atoms with E-state index in [0.717, 1.165) is 18.3 Å². The number of imidazole rings is 1. The maximum atomic E-state index is 4.40. The Balaban J connectivity index is 1.74. The van der Waals surface area contributed by atoms with Gasteiger partial charge < -0.3 is 4.57 Å². The monoisotopic (exact) mass is 226 g/mol. The molecule has 0 radical (unpaired) electrons. The molecule has 1 aliphatic heterocycles. The minimum absolute atomic E-state index is 0.762. The van der Waals surface area contributed by atoms with E-state index in [-0.39, 0.29) is 0 Å². The molecule has 0 aliphatic carbocycles. The van der Waals surface area contributed by atoms with Gasteiger partial charge in [-0.2, -0.15) is 0 Å².